The van der Waals surface area contributed by atoms with E-state index in [0.717, 1.165) is 25.1 Å². The molecular weight excluding hydrogens is 256 g/mol. The zero-order valence-electron chi connectivity index (χ0n) is 9.46. The number of aromatic nitrogens is 2. The van der Waals surface area contributed by atoms with Crippen molar-refractivity contribution in [2.45, 2.75) is 40.2 Å². The quantitative estimate of drug-likeness (QED) is 0.845. The summed E-state index contributed by atoms with van der Waals surface area (Å²) in [6, 6.07) is 0. The molecule has 0 bridgehead atoms. The monoisotopic (exact) mass is 272 g/mol. The Balaban J connectivity index is 3.04. The van der Waals surface area contributed by atoms with Gasteiger partial charge in [-0.15, -0.1) is 0 Å². The van der Waals surface area contributed by atoms with Gasteiger partial charge >= 0.3 is 0 Å². The van der Waals surface area contributed by atoms with Crippen LogP contribution in [0.25, 0.3) is 0 Å². The molecule has 15 heavy (non-hydrogen) atoms. The van der Waals surface area contributed by atoms with Gasteiger partial charge in [0.2, 0.25) is 0 Å². The number of aryl methyl sites for hydroxylation is 1. The molecular formula is C11H17BrN2O. The predicted molar refractivity (Wildman–Crippen MR) is 65.0 cm³/mol. The van der Waals surface area contributed by atoms with E-state index in [-0.39, 0.29) is 5.56 Å². The third kappa shape index (κ3) is 3.16. The average Bonchev–Trinajstić information content (AvgIpc) is 2.17. The van der Waals surface area contributed by atoms with Gasteiger partial charge in [0.25, 0.3) is 5.56 Å². The number of hydrogen-bond donors (Lipinski definition) is 0. The Labute approximate surface area is 98.7 Å². The van der Waals surface area contributed by atoms with Crippen LogP contribution >= 0.6 is 15.9 Å². The van der Waals surface area contributed by atoms with Gasteiger partial charge in [0.05, 0.1) is 12.0 Å². The Morgan fingerprint density at radius 1 is 1.53 bits per heavy atom. The maximum atomic E-state index is 11.9. The van der Waals surface area contributed by atoms with Crippen molar-refractivity contribution in [2.75, 3.05) is 0 Å². The second-order valence-corrected chi connectivity index (χ2v) is 4.90. The van der Waals surface area contributed by atoms with Crippen molar-refractivity contribution in [3.8, 4) is 0 Å². The number of halogens is 1. The molecule has 0 N–H and O–H groups in total. The van der Waals surface area contributed by atoms with E-state index in [9.17, 15) is 4.79 Å². The molecule has 1 heterocycles. The van der Waals surface area contributed by atoms with Crippen LogP contribution in [0.5, 0.6) is 0 Å². The van der Waals surface area contributed by atoms with Crippen molar-refractivity contribution < 1.29 is 0 Å². The first-order valence-corrected chi connectivity index (χ1v) is 6.09. The molecule has 0 aliphatic heterocycles. The van der Waals surface area contributed by atoms with Gasteiger partial charge in [-0.25, -0.2) is 4.98 Å². The van der Waals surface area contributed by atoms with Crippen LogP contribution in [0, 0.1) is 5.92 Å². The van der Waals surface area contributed by atoms with E-state index < -0.39 is 0 Å². The van der Waals surface area contributed by atoms with Crippen LogP contribution in [0.1, 0.15) is 32.9 Å². The normalized spacial score (nSPS) is 11.0. The molecule has 0 saturated carbocycles. The van der Waals surface area contributed by atoms with Gasteiger partial charge in [-0.2, -0.15) is 0 Å². The topological polar surface area (TPSA) is 34.9 Å². The fraction of sp³-hybridized carbons (Fsp3) is 0.636. The van der Waals surface area contributed by atoms with E-state index in [2.05, 4.69) is 41.7 Å². The Hall–Kier alpha value is -0.640. The van der Waals surface area contributed by atoms with Gasteiger partial charge in [0, 0.05) is 6.54 Å². The van der Waals surface area contributed by atoms with E-state index in [1.54, 1.807) is 10.9 Å². The maximum Gasteiger partial charge on any atom is 0.267 e. The minimum absolute atomic E-state index is 0.0298. The zero-order valence-corrected chi connectivity index (χ0v) is 11.0. The third-order valence-corrected chi connectivity index (χ3v) is 2.90. The molecule has 1 rings (SSSR count). The lowest BCUT2D eigenvalue weighted by atomic mass is 10.2. The fourth-order valence-corrected chi connectivity index (χ4v) is 1.96. The van der Waals surface area contributed by atoms with Crippen LogP contribution in [-0.4, -0.2) is 9.55 Å². The van der Waals surface area contributed by atoms with Crippen LogP contribution in [0.2, 0.25) is 0 Å². The molecule has 0 aliphatic rings. The van der Waals surface area contributed by atoms with Gasteiger partial charge in [-0.3, -0.25) is 9.36 Å². The second-order valence-electron chi connectivity index (χ2n) is 4.11. The molecule has 0 aromatic carbocycles. The van der Waals surface area contributed by atoms with Crippen molar-refractivity contribution in [2.24, 2.45) is 5.92 Å². The fourth-order valence-electron chi connectivity index (χ4n) is 1.43. The van der Waals surface area contributed by atoms with Crippen LogP contribution < -0.4 is 5.56 Å². The number of hydrogen-bond acceptors (Lipinski definition) is 2. The molecule has 3 nitrogen and oxygen atoms in total. The summed E-state index contributed by atoms with van der Waals surface area (Å²) in [7, 11) is 0. The summed E-state index contributed by atoms with van der Waals surface area (Å²) in [6.45, 7) is 6.96. The lowest BCUT2D eigenvalue weighted by Crippen LogP contribution is -2.24. The Morgan fingerprint density at radius 3 is 2.73 bits per heavy atom. The van der Waals surface area contributed by atoms with E-state index in [4.69, 9.17) is 0 Å². The molecule has 0 fully saturated rings. The molecule has 0 unspecified atom stereocenters. The van der Waals surface area contributed by atoms with Gasteiger partial charge in [-0.1, -0.05) is 27.2 Å². The summed E-state index contributed by atoms with van der Waals surface area (Å²) in [4.78, 5) is 16.2. The highest BCUT2D eigenvalue weighted by molar-refractivity contribution is 9.10. The van der Waals surface area contributed by atoms with Crippen LogP contribution in [0.3, 0.4) is 0 Å². The smallest absolute Gasteiger partial charge is 0.267 e. The molecule has 0 saturated heterocycles. The van der Waals surface area contributed by atoms with Gasteiger partial charge < -0.3 is 0 Å². The largest absolute Gasteiger partial charge is 0.298 e. The lowest BCUT2D eigenvalue weighted by Gasteiger charge is -2.10. The number of rotatable bonds is 4. The van der Waals surface area contributed by atoms with Gasteiger partial charge in [-0.05, 0) is 28.3 Å². The molecule has 0 amide bonds. The summed E-state index contributed by atoms with van der Waals surface area (Å²) < 4.78 is 2.28. The third-order valence-electron chi connectivity index (χ3n) is 2.10. The minimum atomic E-state index is 0.0298. The van der Waals surface area contributed by atoms with Crippen LogP contribution in [-0.2, 0) is 13.0 Å². The molecule has 0 spiro atoms. The average molecular weight is 273 g/mol. The Bertz CT molecular complexity index is 385. The standard InChI is InChI=1S/C11H17BrN2O/c1-4-5-9-10(12)11(15)14(7-13-9)6-8(2)3/h7-8H,4-6H2,1-3H3. The first kappa shape index (κ1) is 12.4. The van der Waals surface area contributed by atoms with E-state index in [0.29, 0.717) is 10.4 Å². The first-order valence-electron chi connectivity index (χ1n) is 5.30. The lowest BCUT2D eigenvalue weighted by molar-refractivity contribution is 0.502. The van der Waals surface area contributed by atoms with Crippen molar-refractivity contribution in [1.82, 2.24) is 9.55 Å². The van der Waals surface area contributed by atoms with Crippen molar-refractivity contribution in [3.05, 3.63) is 26.8 Å². The summed E-state index contributed by atoms with van der Waals surface area (Å²) >= 11 is 3.33. The predicted octanol–water partition coefficient (Wildman–Crippen LogP) is 2.61. The van der Waals surface area contributed by atoms with Gasteiger partial charge in [0.1, 0.15) is 4.47 Å². The highest BCUT2D eigenvalue weighted by Crippen LogP contribution is 2.10. The second kappa shape index (κ2) is 5.45. The molecule has 0 atom stereocenters. The van der Waals surface area contributed by atoms with Crippen molar-refractivity contribution in [3.63, 3.8) is 0 Å². The highest BCUT2D eigenvalue weighted by atomic mass is 79.9. The van der Waals surface area contributed by atoms with Crippen LogP contribution in [0.15, 0.2) is 15.6 Å². The van der Waals surface area contributed by atoms with E-state index in [1.165, 1.54) is 0 Å². The van der Waals surface area contributed by atoms with E-state index >= 15 is 0 Å². The van der Waals surface area contributed by atoms with Crippen molar-refractivity contribution >= 4 is 15.9 Å². The Kier molecular flexibility index (Phi) is 4.51. The maximum absolute atomic E-state index is 11.9. The summed E-state index contributed by atoms with van der Waals surface area (Å²) in [5.74, 6) is 0.452. The van der Waals surface area contributed by atoms with E-state index in [1.807, 2.05) is 0 Å². The summed E-state index contributed by atoms with van der Waals surface area (Å²) in [5, 5.41) is 0. The zero-order chi connectivity index (χ0) is 11.4. The molecule has 84 valence electrons. The minimum Gasteiger partial charge on any atom is -0.298 e. The molecule has 0 radical (unpaired) electrons. The molecule has 0 aliphatic carbocycles. The first-order chi connectivity index (χ1) is 7.06. The molecule has 4 heteroatoms. The summed E-state index contributed by atoms with van der Waals surface area (Å²) in [5.41, 5.74) is 0.893. The number of nitrogens with zero attached hydrogens (tertiary/aromatic N) is 2. The molecule has 1 aromatic heterocycles. The highest BCUT2D eigenvalue weighted by Gasteiger charge is 2.08. The van der Waals surface area contributed by atoms with Gasteiger partial charge in [0.15, 0.2) is 0 Å². The molecule has 1 aromatic rings. The Morgan fingerprint density at radius 2 is 2.20 bits per heavy atom. The van der Waals surface area contributed by atoms with Crippen molar-refractivity contribution in [1.29, 1.82) is 0 Å². The van der Waals surface area contributed by atoms with Crippen LogP contribution in [0.4, 0.5) is 0 Å². The summed E-state index contributed by atoms with van der Waals surface area (Å²) in [6.07, 6.45) is 3.50. The SMILES string of the molecule is CCCc1ncn(CC(C)C)c(=O)c1Br.